The fourth-order valence-corrected chi connectivity index (χ4v) is 1.48. The molecule has 0 rings (SSSR count). The standard InChI is InChI=1S/C10H21NO2/c1-3-5-7-8(10(12)13)9(11)6-4-2/h8-9H,3-7,11H2,1-2H3,(H,12,13). The Kier molecular flexibility index (Phi) is 6.59. The van der Waals surface area contributed by atoms with Crippen molar-refractivity contribution < 1.29 is 9.90 Å². The predicted octanol–water partition coefficient (Wildman–Crippen LogP) is 2.00. The van der Waals surface area contributed by atoms with Crippen LogP contribution >= 0.6 is 0 Å². The zero-order valence-electron chi connectivity index (χ0n) is 8.62. The number of unbranched alkanes of at least 4 members (excludes halogenated alkanes) is 1. The van der Waals surface area contributed by atoms with Gasteiger partial charge in [0.1, 0.15) is 0 Å². The van der Waals surface area contributed by atoms with Crippen LogP contribution in [0.25, 0.3) is 0 Å². The molecule has 0 fully saturated rings. The van der Waals surface area contributed by atoms with Crippen molar-refractivity contribution in [1.82, 2.24) is 0 Å². The van der Waals surface area contributed by atoms with E-state index < -0.39 is 5.97 Å². The average Bonchev–Trinajstić information content (AvgIpc) is 2.05. The number of carboxylic acids is 1. The van der Waals surface area contributed by atoms with Crippen LogP contribution in [0.1, 0.15) is 46.0 Å². The molecule has 0 amide bonds. The van der Waals surface area contributed by atoms with E-state index in [1.165, 1.54) is 0 Å². The van der Waals surface area contributed by atoms with E-state index in [2.05, 4.69) is 6.92 Å². The molecule has 0 bridgehead atoms. The summed E-state index contributed by atoms with van der Waals surface area (Å²) in [6, 6.07) is -0.172. The number of hydrogen-bond donors (Lipinski definition) is 2. The Morgan fingerprint density at radius 3 is 2.31 bits per heavy atom. The van der Waals surface area contributed by atoms with Crippen LogP contribution in [0.3, 0.4) is 0 Å². The van der Waals surface area contributed by atoms with E-state index in [1.54, 1.807) is 0 Å². The molecule has 0 aromatic heterocycles. The summed E-state index contributed by atoms with van der Waals surface area (Å²) in [4.78, 5) is 10.8. The molecule has 0 radical (unpaired) electrons. The topological polar surface area (TPSA) is 63.3 Å². The minimum atomic E-state index is -0.741. The summed E-state index contributed by atoms with van der Waals surface area (Å²) >= 11 is 0. The molecule has 0 saturated heterocycles. The monoisotopic (exact) mass is 187 g/mol. The van der Waals surface area contributed by atoms with E-state index in [-0.39, 0.29) is 12.0 Å². The summed E-state index contributed by atoms with van der Waals surface area (Å²) in [5.74, 6) is -1.09. The highest BCUT2D eigenvalue weighted by atomic mass is 16.4. The lowest BCUT2D eigenvalue weighted by molar-refractivity contribution is -0.142. The Balaban J connectivity index is 3.99. The second-order valence-electron chi connectivity index (χ2n) is 3.54. The zero-order chi connectivity index (χ0) is 10.3. The Hall–Kier alpha value is -0.570. The van der Waals surface area contributed by atoms with Gasteiger partial charge in [0.05, 0.1) is 5.92 Å². The Labute approximate surface area is 80.3 Å². The van der Waals surface area contributed by atoms with Crippen LogP contribution in [0.15, 0.2) is 0 Å². The zero-order valence-corrected chi connectivity index (χ0v) is 8.62. The minimum absolute atomic E-state index is 0.172. The molecule has 3 nitrogen and oxygen atoms in total. The third kappa shape index (κ3) is 4.88. The largest absolute Gasteiger partial charge is 0.481 e. The summed E-state index contributed by atoms with van der Waals surface area (Å²) in [6.45, 7) is 4.09. The summed E-state index contributed by atoms with van der Waals surface area (Å²) in [6.07, 6.45) is 4.46. The molecular weight excluding hydrogens is 166 g/mol. The van der Waals surface area contributed by atoms with E-state index in [0.29, 0.717) is 6.42 Å². The first kappa shape index (κ1) is 12.4. The summed E-state index contributed by atoms with van der Waals surface area (Å²) < 4.78 is 0. The quantitative estimate of drug-likeness (QED) is 0.640. The Morgan fingerprint density at radius 1 is 1.31 bits per heavy atom. The van der Waals surface area contributed by atoms with Gasteiger partial charge in [0.15, 0.2) is 0 Å². The molecular formula is C10H21NO2. The van der Waals surface area contributed by atoms with E-state index >= 15 is 0 Å². The van der Waals surface area contributed by atoms with Gasteiger partial charge in [0.25, 0.3) is 0 Å². The number of nitrogens with two attached hydrogens (primary N) is 1. The van der Waals surface area contributed by atoms with Gasteiger partial charge in [-0.1, -0.05) is 33.1 Å². The molecule has 0 aromatic rings. The van der Waals surface area contributed by atoms with E-state index in [0.717, 1.165) is 25.7 Å². The van der Waals surface area contributed by atoms with Crippen molar-refractivity contribution in [2.75, 3.05) is 0 Å². The molecule has 0 aromatic carbocycles. The normalized spacial score (nSPS) is 15.3. The molecule has 3 N–H and O–H groups in total. The summed E-state index contributed by atoms with van der Waals surface area (Å²) in [5.41, 5.74) is 5.79. The maximum atomic E-state index is 10.8. The Morgan fingerprint density at radius 2 is 1.92 bits per heavy atom. The predicted molar refractivity (Wildman–Crippen MR) is 53.5 cm³/mol. The number of carboxylic acid groups (broad SMARTS) is 1. The molecule has 0 aliphatic carbocycles. The maximum Gasteiger partial charge on any atom is 0.308 e. The van der Waals surface area contributed by atoms with Gasteiger partial charge in [-0.25, -0.2) is 0 Å². The van der Waals surface area contributed by atoms with Crippen LogP contribution in [0, 0.1) is 5.92 Å². The Bertz CT molecular complexity index is 148. The lowest BCUT2D eigenvalue weighted by Gasteiger charge is -2.18. The van der Waals surface area contributed by atoms with Crippen LogP contribution in [0.5, 0.6) is 0 Å². The van der Waals surface area contributed by atoms with E-state index in [1.807, 2.05) is 6.92 Å². The average molecular weight is 187 g/mol. The second-order valence-corrected chi connectivity index (χ2v) is 3.54. The van der Waals surface area contributed by atoms with Crippen LogP contribution < -0.4 is 5.73 Å². The van der Waals surface area contributed by atoms with Crippen LogP contribution in [-0.2, 0) is 4.79 Å². The number of aliphatic carboxylic acids is 1. The van der Waals surface area contributed by atoms with Crippen molar-refractivity contribution >= 4 is 5.97 Å². The first-order valence-corrected chi connectivity index (χ1v) is 5.11. The molecule has 2 atom stereocenters. The fourth-order valence-electron chi connectivity index (χ4n) is 1.48. The third-order valence-electron chi connectivity index (χ3n) is 2.32. The number of carbonyl (C=O) groups is 1. The molecule has 13 heavy (non-hydrogen) atoms. The highest BCUT2D eigenvalue weighted by molar-refractivity contribution is 5.70. The first-order valence-electron chi connectivity index (χ1n) is 5.11. The molecule has 0 aliphatic heterocycles. The van der Waals surface area contributed by atoms with Gasteiger partial charge in [0, 0.05) is 6.04 Å². The van der Waals surface area contributed by atoms with Crippen molar-refractivity contribution in [1.29, 1.82) is 0 Å². The van der Waals surface area contributed by atoms with Crippen molar-refractivity contribution in [2.24, 2.45) is 11.7 Å². The molecule has 0 saturated carbocycles. The van der Waals surface area contributed by atoms with Crippen molar-refractivity contribution in [3.8, 4) is 0 Å². The van der Waals surface area contributed by atoms with Gasteiger partial charge in [-0.3, -0.25) is 4.79 Å². The van der Waals surface area contributed by atoms with Crippen LogP contribution in [0.4, 0.5) is 0 Å². The smallest absolute Gasteiger partial charge is 0.308 e. The highest BCUT2D eigenvalue weighted by Gasteiger charge is 2.23. The van der Waals surface area contributed by atoms with E-state index in [4.69, 9.17) is 10.8 Å². The molecule has 78 valence electrons. The molecule has 3 heteroatoms. The molecule has 2 unspecified atom stereocenters. The lowest BCUT2D eigenvalue weighted by atomic mass is 9.92. The lowest BCUT2D eigenvalue weighted by Crippen LogP contribution is -2.35. The fraction of sp³-hybridized carbons (Fsp3) is 0.900. The van der Waals surface area contributed by atoms with Crippen LogP contribution in [0.2, 0.25) is 0 Å². The van der Waals surface area contributed by atoms with Crippen molar-refractivity contribution in [3.05, 3.63) is 0 Å². The number of rotatable bonds is 7. The van der Waals surface area contributed by atoms with E-state index in [9.17, 15) is 4.79 Å². The third-order valence-corrected chi connectivity index (χ3v) is 2.32. The van der Waals surface area contributed by atoms with Gasteiger partial charge in [-0.15, -0.1) is 0 Å². The van der Waals surface area contributed by atoms with Gasteiger partial charge < -0.3 is 10.8 Å². The summed E-state index contributed by atoms with van der Waals surface area (Å²) in [5, 5.41) is 8.92. The van der Waals surface area contributed by atoms with Gasteiger partial charge in [-0.2, -0.15) is 0 Å². The SMILES string of the molecule is CCCCC(C(=O)O)C(N)CCC. The second kappa shape index (κ2) is 6.89. The van der Waals surface area contributed by atoms with Crippen LogP contribution in [-0.4, -0.2) is 17.1 Å². The molecule has 0 heterocycles. The van der Waals surface area contributed by atoms with Gasteiger partial charge in [0.2, 0.25) is 0 Å². The van der Waals surface area contributed by atoms with Crippen molar-refractivity contribution in [2.45, 2.75) is 52.0 Å². The molecule has 0 aliphatic rings. The molecule has 0 spiro atoms. The maximum absolute atomic E-state index is 10.8. The summed E-state index contributed by atoms with van der Waals surface area (Å²) in [7, 11) is 0. The van der Waals surface area contributed by atoms with Gasteiger partial charge >= 0.3 is 5.97 Å². The first-order chi connectivity index (χ1) is 6.13. The minimum Gasteiger partial charge on any atom is -0.481 e. The van der Waals surface area contributed by atoms with Gasteiger partial charge in [-0.05, 0) is 12.8 Å². The van der Waals surface area contributed by atoms with Crippen molar-refractivity contribution in [3.63, 3.8) is 0 Å². The highest BCUT2D eigenvalue weighted by Crippen LogP contribution is 2.15. The number of hydrogen-bond acceptors (Lipinski definition) is 2.